The van der Waals surface area contributed by atoms with Crippen LogP contribution < -0.4 is 15.5 Å². The molecule has 2 heterocycles. The molecule has 0 bridgehead atoms. The number of rotatable bonds is 5. The SMILES string of the molecule is O=C(CC1([SH]2C=CC(Oc3ccc(F)cc3)=C2)CCNCC1)NO. The zero-order chi connectivity index (χ0) is 17.0. The van der Waals surface area contributed by atoms with Gasteiger partial charge in [-0.3, -0.25) is 10.0 Å². The van der Waals surface area contributed by atoms with E-state index >= 15 is 0 Å². The predicted octanol–water partition coefficient (Wildman–Crippen LogP) is 2.59. The number of hydrogen-bond acceptors (Lipinski definition) is 4. The Balaban J connectivity index is 1.75. The molecule has 1 saturated heterocycles. The second-order valence-electron chi connectivity index (χ2n) is 6.00. The quantitative estimate of drug-likeness (QED) is 0.373. The van der Waals surface area contributed by atoms with E-state index in [1.807, 2.05) is 6.08 Å². The molecule has 1 fully saturated rings. The van der Waals surface area contributed by atoms with Crippen molar-refractivity contribution in [2.24, 2.45) is 0 Å². The average molecular weight is 352 g/mol. The Hall–Kier alpha value is -1.83. The van der Waals surface area contributed by atoms with Crippen molar-refractivity contribution in [3.8, 4) is 5.75 Å². The monoisotopic (exact) mass is 352 g/mol. The second kappa shape index (κ2) is 7.38. The molecule has 130 valence electrons. The van der Waals surface area contributed by atoms with Gasteiger partial charge in [-0.1, -0.05) is 0 Å². The van der Waals surface area contributed by atoms with Gasteiger partial charge in [0.2, 0.25) is 5.91 Å². The highest BCUT2D eigenvalue weighted by atomic mass is 32.2. The summed E-state index contributed by atoms with van der Waals surface area (Å²) in [7, 11) is -0.681. The minimum atomic E-state index is -0.681. The van der Waals surface area contributed by atoms with Gasteiger partial charge in [0.1, 0.15) is 17.3 Å². The third-order valence-corrected chi connectivity index (χ3v) is 7.12. The molecule has 1 atom stereocenters. The molecule has 5 nitrogen and oxygen atoms in total. The van der Waals surface area contributed by atoms with Gasteiger partial charge in [0.05, 0.1) is 0 Å². The summed E-state index contributed by atoms with van der Waals surface area (Å²) < 4.78 is 18.6. The molecule has 0 aliphatic carbocycles. The van der Waals surface area contributed by atoms with Gasteiger partial charge in [0.25, 0.3) is 0 Å². The van der Waals surface area contributed by atoms with Crippen LogP contribution in [0.2, 0.25) is 0 Å². The first kappa shape index (κ1) is 17.0. The van der Waals surface area contributed by atoms with Crippen molar-refractivity contribution < 1.29 is 19.1 Å². The lowest BCUT2D eigenvalue weighted by molar-refractivity contribution is -0.129. The number of halogens is 1. The van der Waals surface area contributed by atoms with E-state index < -0.39 is 10.9 Å². The molecule has 0 saturated carbocycles. The number of carbonyl (C=O) groups excluding carboxylic acids is 1. The molecule has 0 spiro atoms. The van der Waals surface area contributed by atoms with Crippen molar-refractivity contribution in [1.29, 1.82) is 0 Å². The van der Waals surface area contributed by atoms with Crippen LogP contribution in [0.15, 0.2) is 46.9 Å². The lowest BCUT2D eigenvalue weighted by Gasteiger charge is -2.42. The van der Waals surface area contributed by atoms with Crippen LogP contribution in [0, 0.1) is 5.82 Å². The molecule has 2 aliphatic heterocycles. The average Bonchev–Trinajstić information content (AvgIpc) is 3.07. The van der Waals surface area contributed by atoms with Crippen molar-refractivity contribution in [1.82, 2.24) is 10.8 Å². The van der Waals surface area contributed by atoms with E-state index in [0.717, 1.165) is 31.7 Å². The molecular weight excluding hydrogens is 331 g/mol. The largest absolute Gasteiger partial charge is 0.457 e. The third kappa shape index (κ3) is 3.80. The predicted molar refractivity (Wildman–Crippen MR) is 92.6 cm³/mol. The minimum absolute atomic E-state index is 0.169. The van der Waals surface area contributed by atoms with E-state index in [2.05, 4.69) is 16.1 Å². The highest BCUT2D eigenvalue weighted by molar-refractivity contribution is 8.23. The standard InChI is InChI=1S/C17H21FN2O3S/c18-13-1-3-14(4-2-13)23-15-5-10-24(12-15)17(11-16(21)20-22)6-8-19-9-7-17/h1-5,10,12,19,22,24H,6-9,11H2,(H,20,21). The molecule has 2 aliphatic rings. The first-order chi connectivity index (χ1) is 11.6. The lowest BCUT2D eigenvalue weighted by Crippen LogP contribution is -2.44. The topological polar surface area (TPSA) is 70.6 Å². The highest BCUT2D eigenvalue weighted by Gasteiger charge is 2.39. The van der Waals surface area contributed by atoms with Crippen molar-refractivity contribution in [3.05, 3.63) is 52.7 Å². The molecule has 3 N–H and O–H groups in total. The van der Waals surface area contributed by atoms with Crippen LogP contribution in [-0.2, 0) is 4.79 Å². The van der Waals surface area contributed by atoms with E-state index in [9.17, 15) is 9.18 Å². The summed E-state index contributed by atoms with van der Waals surface area (Å²) in [4.78, 5) is 11.8. The van der Waals surface area contributed by atoms with Crippen molar-refractivity contribution >= 4 is 16.8 Å². The first-order valence-corrected chi connectivity index (χ1v) is 9.35. The Kier molecular flexibility index (Phi) is 5.23. The van der Waals surface area contributed by atoms with Crippen molar-refractivity contribution in [2.75, 3.05) is 13.1 Å². The number of benzene rings is 1. The molecule has 24 heavy (non-hydrogen) atoms. The smallest absolute Gasteiger partial charge is 0.244 e. The molecule has 1 unspecified atom stereocenters. The van der Waals surface area contributed by atoms with Crippen LogP contribution in [0.1, 0.15) is 19.3 Å². The maximum Gasteiger partial charge on any atom is 0.244 e. The second-order valence-corrected chi connectivity index (χ2v) is 8.32. The van der Waals surface area contributed by atoms with Crippen LogP contribution in [-0.4, -0.2) is 29.0 Å². The van der Waals surface area contributed by atoms with Gasteiger partial charge >= 0.3 is 0 Å². The maximum atomic E-state index is 13.0. The van der Waals surface area contributed by atoms with Gasteiger partial charge in [-0.25, -0.2) is 20.8 Å². The number of amides is 1. The Morgan fingerprint density at radius 3 is 2.71 bits per heavy atom. The normalized spacial score (nSPS) is 23.6. The van der Waals surface area contributed by atoms with E-state index in [4.69, 9.17) is 9.94 Å². The number of carbonyl (C=O) groups is 1. The van der Waals surface area contributed by atoms with Gasteiger partial charge in [0.15, 0.2) is 0 Å². The fraction of sp³-hybridized carbons (Fsp3) is 0.353. The fourth-order valence-corrected chi connectivity index (χ4v) is 5.59. The van der Waals surface area contributed by atoms with Crippen LogP contribution >= 0.6 is 10.9 Å². The van der Waals surface area contributed by atoms with E-state index in [1.54, 1.807) is 17.6 Å². The number of allylic oxidation sites excluding steroid dienone is 1. The molecule has 7 heteroatoms. The van der Waals surface area contributed by atoms with Gasteiger partial charge in [-0.15, -0.1) is 0 Å². The zero-order valence-electron chi connectivity index (χ0n) is 13.2. The Morgan fingerprint density at radius 2 is 2.04 bits per heavy atom. The summed E-state index contributed by atoms with van der Waals surface area (Å²) in [6, 6.07) is 5.89. The Labute approximate surface area is 142 Å². The lowest BCUT2D eigenvalue weighted by atomic mass is 9.93. The van der Waals surface area contributed by atoms with Gasteiger partial charge in [0, 0.05) is 11.2 Å². The van der Waals surface area contributed by atoms with E-state index in [-0.39, 0.29) is 16.5 Å². The molecule has 0 aromatic heterocycles. The molecule has 0 radical (unpaired) electrons. The Morgan fingerprint density at radius 1 is 1.33 bits per heavy atom. The van der Waals surface area contributed by atoms with Crippen LogP contribution in [0.5, 0.6) is 5.75 Å². The van der Waals surface area contributed by atoms with Crippen LogP contribution in [0.4, 0.5) is 4.39 Å². The van der Waals surface area contributed by atoms with E-state index in [1.165, 1.54) is 12.1 Å². The summed E-state index contributed by atoms with van der Waals surface area (Å²) in [5.74, 6) is 0.643. The maximum absolute atomic E-state index is 13.0. The minimum Gasteiger partial charge on any atom is -0.457 e. The summed E-state index contributed by atoms with van der Waals surface area (Å²) in [5.41, 5.74) is 1.76. The number of hydrogen-bond donors (Lipinski definition) is 4. The summed E-state index contributed by atoms with van der Waals surface area (Å²) in [5, 5.41) is 16.4. The Bertz CT molecular complexity index is 654. The van der Waals surface area contributed by atoms with Crippen LogP contribution in [0.3, 0.4) is 0 Å². The van der Waals surface area contributed by atoms with Crippen LogP contribution in [0.25, 0.3) is 0 Å². The van der Waals surface area contributed by atoms with Crippen molar-refractivity contribution in [2.45, 2.75) is 24.0 Å². The third-order valence-electron chi connectivity index (χ3n) is 4.41. The molecular formula is C17H21FN2O3S. The fourth-order valence-electron chi connectivity index (χ4n) is 3.13. The molecule has 1 amide bonds. The molecule has 1 aromatic rings. The van der Waals surface area contributed by atoms with Gasteiger partial charge in [-0.2, -0.15) is 0 Å². The molecule has 3 rings (SSSR count). The number of piperidine rings is 1. The highest BCUT2D eigenvalue weighted by Crippen LogP contribution is 2.54. The zero-order valence-corrected chi connectivity index (χ0v) is 14.1. The van der Waals surface area contributed by atoms with Gasteiger partial charge < -0.3 is 10.1 Å². The summed E-state index contributed by atoms with van der Waals surface area (Å²) in [6.07, 6.45) is 3.95. The number of ether oxygens (including phenoxy) is 1. The summed E-state index contributed by atoms with van der Waals surface area (Å²) in [6.45, 7) is 1.71. The number of nitrogens with one attached hydrogen (secondary N) is 2. The van der Waals surface area contributed by atoms with E-state index in [0.29, 0.717) is 12.2 Å². The molecule has 1 aromatic carbocycles. The number of hydroxylamine groups is 1. The van der Waals surface area contributed by atoms with Gasteiger partial charge in [-0.05, 0) is 67.1 Å². The first-order valence-electron chi connectivity index (χ1n) is 7.87. The summed E-state index contributed by atoms with van der Waals surface area (Å²) >= 11 is 0. The van der Waals surface area contributed by atoms with Crippen molar-refractivity contribution in [3.63, 3.8) is 0 Å². The number of thiol groups is 1.